The Kier molecular flexibility index (Phi) is 3.11. The summed E-state index contributed by atoms with van der Waals surface area (Å²) >= 11 is 0. The molecule has 0 radical (unpaired) electrons. The van der Waals surface area contributed by atoms with E-state index in [1.54, 1.807) is 17.9 Å². The summed E-state index contributed by atoms with van der Waals surface area (Å²) in [6.45, 7) is 4.36. The maximum Gasteiger partial charge on any atom is 0.311 e. The van der Waals surface area contributed by atoms with Crippen LogP contribution in [-0.4, -0.2) is 45.2 Å². The van der Waals surface area contributed by atoms with Gasteiger partial charge in [0, 0.05) is 18.8 Å². The van der Waals surface area contributed by atoms with Crippen LogP contribution in [0.5, 0.6) is 0 Å². The van der Waals surface area contributed by atoms with E-state index >= 15 is 0 Å². The molecule has 1 aliphatic rings. The van der Waals surface area contributed by atoms with Gasteiger partial charge >= 0.3 is 5.97 Å². The lowest BCUT2D eigenvalue weighted by Gasteiger charge is -2.19. The van der Waals surface area contributed by atoms with Crippen LogP contribution >= 0.6 is 0 Å². The van der Waals surface area contributed by atoms with E-state index in [0.717, 1.165) is 12.1 Å². The highest BCUT2D eigenvalue weighted by atomic mass is 16.4. The molecule has 0 saturated carbocycles. The van der Waals surface area contributed by atoms with Gasteiger partial charge in [-0.15, -0.1) is 0 Å². The number of aromatic amines is 1. The Morgan fingerprint density at radius 2 is 2.33 bits per heavy atom. The molecule has 2 N–H and O–H groups in total. The van der Waals surface area contributed by atoms with Crippen molar-refractivity contribution < 1.29 is 14.7 Å². The lowest BCUT2D eigenvalue weighted by Crippen LogP contribution is -2.35. The number of aromatic nitrogens is 2. The van der Waals surface area contributed by atoms with Crippen LogP contribution in [0.4, 0.5) is 0 Å². The van der Waals surface area contributed by atoms with Crippen molar-refractivity contribution in [2.75, 3.05) is 13.1 Å². The molecule has 1 fully saturated rings. The number of nitrogens with one attached hydrogen (secondary N) is 1. The van der Waals surface area contributed by atoms with Gasteiger partial charge in [0.25, 0.3) is 5.91 Å². The number of hydrogen-bond donors (Lipinski definition) is 2. The molecule has 0 spiro atoms. The minimum absolute atomic E-state index is 0.198. The monoisotopic (exact) mass is 251 g/mol. The Morgan fingerprint density at radius 1 is 1.61 bits per heavy atom. The van der Waals surface area contributed by atoms with Crippen LogP contribution in [0.3, 0.4) is 0 Å². The van der Waals surface area contributed by atoms with E-state index in [0.29, 0.717) is 18.7 Å². The van der Waals surface area contributed by atoms with Crippen molar-refractivity contribution in [1.82, 2.24) is 15.1 Å². The van der Waals surface area contributed by atoms with Gasteiger partial charge < -0.3 is 10.0 Å². The van der Waals surface area contributed by atoms with Crippen LogP contribution in [0.15, 0.2) is 6.07 Å². The number of carbonyl (C=O) groups excluding carboxylic acids is 1. The summed E-state index contributed by atoms with van der Waals surface area (Å²) in [4.78, 5) is 24.8. The second-order valence-electron chi connectivity index (χ2n) is 4.97. The largest absolute Gasteiger partial charge is 0.481 e. The molecule has 1 aromatic heterocycles. The first-order valence-electron chi connectivity index (χ1n) is 6.03. The molecule has 1 aromatic rings. The second kappa shape index (κ2) is 4.44. The van der Waals surface area contributed by atoms with Gasteiger partial charge in [-0.1, -0.05) is 6.92 Å². The summed E-state index contributed by atoms with van der Waals surface area (Å²) in [7, 11) is 0. The van der Waals surface area contributed by atoms with Crippen molar-refractivity contribution in [3.8, 4) is 0 Å². The molecule has 2 heterocycles. The second-order valence-corrected chi connectivity index (χ2v) is 4.97. The number of aliphatic carboxylic acids is 1. The molecule has 1 aliphatic heterocycles. The predicted molar refractivity (Wildman–Crippen MR) is 64.2 cm³/mol. The number of carbonyl (C=O) groups is 2. The van der Waals surface area contributed by atoms with Gasteiger partial charge in [0.1, 0.15) is 5.69 Å². The van der Waals surface area contributed by atoms with Crippen molar-refractivity contribution in [2.24, 2.45) is 5.41 Å². The number of hydrogen-bond acceptors (Lipinski definition) is 3. The Morgan fingerprint density at radius 3 is 2.83 bits per heavy atom. The first-order chi connectivity index (χ1) is 8.46. The fraction of sp³-hybridized carbons (Fsp3) is 0.583. The quantitative estimate of drug-likeness (QED) is 0.836. The van der Waals surface area contributed by atoms with Crippen LogP contribution in [0.1, 0.15) is 36.5 Å². The van der Waals surface area contributed by atoms with Crippen molar-refractivity contribution in [2.45, 2.75) is 26.7 Å². The summed E-state index contributed by atoms with van der Waals surface area (Å²) < 4.78 is 0. The lowest BCUT2D eigenvalue weighted by atomic mass is 9.90. The predicted octanol–water partition coefficient (Wildman–Crippen LogP) is 0.909. The Balaban J connectivity index is 2.10. The number of carboxylic acids is 1. The van der Waals surface area contributed by atoms with Gasteiger partial charge in [0.2, 0.25) is 0 Å². The van der Waals surface area contributed by atoms with E-state index in [-0.39, 0.29) is 12.5 Å². The van der Waals surface area contributed by atoms with Crippen LogP contribution in [0.2, 0.25) is 0 Å². The van der Waals surface area contributed by atoms with E-state index < -0.39 is 11.4 Å². The molecular formula is C12H17N3O3. The molecule has 1 saturated heterocycles. The van der Waals surface area contributed by atoms with Gasteiger partial charge in [-0.3, -0.25) is 14.7 Å². The molecular weight excluding hydrogens is 234 g/mol. The van der Waals surface area contributed by atoms with E-state index in [2.05, 4.69) is 10.2 Å². The molecule has 1 atom stereocenters. The molecule has 6 heteroatoms. The Hall–Kier alpha value is -1.85. The lowest BCUT2D eigenvalue weighted by molar-refractivity contribution is -0.147. The van der Waals surface area contributed by atoms with Crippen LogP contribution in [-0.2, 0) is 11.2 Å². The summed E-state index contributed by atoms with van der Waals surface area (Å²) in [6, 6.07) is 1.72. The molecule has 0 aliphatic carbocycles. The topological polar surface area (TPSA) is 86.3 Å². The fourth-order valence-electron chi connectivity index (χ4n) is 2.12. The summed E-state index contributed by atoms with van der Waals surface area (Å²) in [5, 5.41) is 15.9. The number of amides is 1. The van der Waals surface area contributed by atoms with Gasteiger partial charge in [0.15, 0.2) is 0 Å². The number of nitrogens with zero attached hydrogens (tertiary/aromatic N) is 2. The van der Waals surface area contributed by atoms with Crippen molar-refractivity contribution in [3.63, 3.8) is 0 Å². The molecule has 0 bridgehead atoms. The highest BCUT2D eigenvalue weighted by Gasteiger charge is 2.42. The normalized spacial score (nSPS) is 23.3. The van der Waals surface area contributed by atoms with Crippen LogP contribution in [0, 0.1) is 5.41 Å². The van der Waals surface area contributed by atoms with E-state index in [1.165, 1.54) is 0 Å². The molecule has 98 valence electrons. The average molecular weight is 251 g/mol. The van der Waals surface area contributed by atoms with Crippen LogP contribution < -0.4 is 0 Å². The first-order valence-corrected chi connectivity index (χ1v) is 6.03. The van der Waals surface area contributed by atoms with Crippen LogP contribution in [0.25, 0.3) is 0 Å². The first kappa shape index (κ1) is 12.6. The number of aryl methyl sites for hydroxylation is 1. The van der Waals surface area contributed by atoms with E-state index in [4.69, 9.17) is 5.11 Å². The van der Waals surface area contributed by atoms with Crippen molar-refractivity contribution >= 4 is 11.9 Å². The van der Waals surface area contributed by atoms with E-state index in [9.17, 15) is 9.59 Å². The van der Waals surface area contributed by atoms with E-state index in [1.807, 2.05) is 6.92 Å². The Labute approximate surface area is 105 Å². The number of H-pyrrole nitrogens is 1. The smallest absolute Gasteiger partial charge is 0.311 e. The number of rotatable bonds is 3. The minimum Gasteiger partial charge on any atom is -0.481 e. The van der Waals surface area contributed by atoms with Gasteiger partial charge in [0.05, 0.1) is 5.41 Å². The third kappa shape index (κ3) is 2.10. The van der Waals surface area contributed by atoms with Gasteiger partial charge in [-0.2, -0.15) is 5.10 Å². The molecule has 6 nitrogen and oxygen atoms in total. The fourth-order valence-corrected chi connectivity index (χ4v) is 2.12. The highest BCUT2D eigenvalue weighted by molar-refractivity contribution is 5.93. The third-order valence-electron chi connectivity index (χ3n) is 3.51. The van der Waals surface area contributed by atoms with Crippen molar-refractivity contribution in [3.05, 3.63) is 17.5 Å². The Bertz CT molecular complexity index is 483. The molecule has 0 aromatic carbocycles. The standard InChI is InChI=1S/C12H17N3O3/c1-3-8-6-9(14-13-8)10(16)15-5-4-12(2,7-15)11(17)18/h6H,3-5,7H2,1-2H3,(H,13,14)(H,17,18). The van der Waals surface area contributed by atoms with Gasteiger partial charge in [-0.05, 0) is 25.8 Å². The summed E-state index contributed by atoms with van der Waals surface area (Å²) in [5.41, 5.74) is 0.430. The molecule has 2 rings (SSSR count). The van der Waals surface area contributed by atoms with Crippen molar-refractivity contribution in [1.29, 1.82) is 0 Å². The third-order valence-corrected chi connectivity index (χ3v) is 3.51. The molecule has 1 amide bonds. The summed E-state index contributed by atoms with van der Waals surface area (Å²) in [6.07, 6.45) is 1.27. The summed E-state index contributed by atoms with van der Waals surface area (Å²) in [5.74, 6) is -1.05. The van der Waals surface area contributed by atoms with Gasteiger partial charge in [-0.25, -0.2) is 0 Å². The zero-order chi connectivity index (χ0) is 13.3. The molecule has 1 unspecified atom stereocenters. The average Bonchev–Trinajstić information content (AvgIpc) is 2.95. The number of likely N-dealkylation sites (tertiary alicyclic amines) is 1. The molecule has 18 heavy (non-hydrogen) atoms. The maximum absolute atomic E-state index is 12.1. The minimum atomic E-state index is -0.853. The zero-order valence-electron chi connectivity index (χ0n) is 10.6. The maximum atomic E-state index is 12.1. The number of carboxylic acid groups (broad SMARTS) is 1. The SMILES string of the molecule is CCc1cc(C(=O)N2CCC(C)(C(=O)O)C2)n[nH]1. The highest BCUT2D eigenvalue weighted by Crippen LogP contribution is 2.30. The zero-order valence-corrected chi connectivity index (χ0v) is 10.6.